The van der Waals surface area contributed by atoms with Crippen molar-refractivity contribution in [1.29, 1.82) is 5.26 Å². The number of nitrogens with one attached hydrogen (secondary N) is 1. The largest absolute Gasteiger partial charge is 0.346 e. The van der Waals surface area contributed by atoms with E-state index in [0.29, 0.717) is 6.54 Å². The van der Waals surface area contributed by atoms with Crippen LogP contribution in [-0.4, -0.2) is 40.5 Å². The molecule has 3 rings (SSSR count). The number of aromatic nitrogens is 1. The van der Waals surface area contributed by atoms with Crippen LogP contribution in [-0.2, 0) is 11.3 Å². The summed E-state index contributed by atoms with van der Waals surface area (Å²) in [7, 11) is 0. The Bertz CT molecular complexity index is 773. The third kappa shape index (κ3) is 3.29. The van der Waals surface area contributed by atoms with Crippen LogP contribution < -0.4 is 5.32 Å². The van der Waals surface area contributed by atoms with Gasteiger partial charge in [0.2, 0.25) is 5.91 Å². The average molecular weight is 324 g/mol. The molecule has 1 fully saturated rings. The fourth-order valence-corrected chi connectivity index (χ4v) is 3.50. The van der Waals surface area contributed by atoms with Crippen LogP contribution in [0.3, 0.4) is 0 Å². The van der Waals surface area contributed by atoms with Crippen LogP contribution in [0.15, 0.2) is 30.5 Å². The monoisotopic (exact) mass is 324 g/mol. The van der Waals surface area contributed by atoms with Crippen LogP contribution in [0.1, 0.15) is 25.3 Å². The average Bonchev–Trinajstić information content (AvgIpc) is 3.18. The second kappa shape index (κ2) is 7.06. The molecule has 1 saturated heterocycles. The Balaban J connectivity index is 1.58. The number of para-hydroxylation sites is 1. The van der Waals surface area contributed by atoms with Crippen molar-refractivity contribution in [2.24, 2.45) is 0 Å². The fourth-order valence-electron chi connectivity index (χ4n) is 3.50. The van der Waals surface area contributed by atoms with Crippen LogP contribution in [0.2, 0.25) is 0 Å². The summed E-state index contributed by atoms with van der Waals surface area (Å²) in [5.41, 5.74) is 2.49. The highest BCUT2D eigenvalue weighted by atomic mass is 16.2. The van der Waals surface area contributed by atoms with Gasteiger partial charge in [-0.05, 0) is 38.3 Å². The summed E-state index contributed by atoms with van der Waals surface area (Å²) in [5, 5.41) is 13.7. The first-order chi connectivity index (χ1) is 11.6. The first kappa shape index (κ1) is 16.5. The lowest BCUT2D eigenvalue weighted by Crippen LogP contribution is -2.43. The minimum Gasteiger partial charge on any atom is -0.346 e. The van der Waals surface area contributed by atoms with E-state index in [2.05, 4.69) is 60.3 Å². The molecule has 1 N–H and O–H groups in total. The summed E-state index contributed by atoms with van der Waals surface area (Å²) >= 11 is 0. The molecule has 126 valence electrons. The number of nitriles is 1. The number of carbonyl (C=O) groups excluding carboxylic acids is 1. The van der Waals surface area contributed by atoms with Crippen molar-refractivity contribution < 1.29 is 4.79 Å². The normalized spacial score (nSPS) is 18.7. The maximum atomic E-state index is 12.3. The van der Waals surface area contributed by atoms with Gasteiger partial charge >= 0.3 is 0 Å². The Hall–Kier alpha value is -2.32. The van der Waals surface area contributed by atoms with E-state index in [1.165, 1.54) is 16.5 Å². The minimum atomic E-state index is -0.245. The molecule has 5 nitrogen and oxygen atoms in total. The standard InChI is InChI=1S/C19H24N4O/c1-14-12-22(18-8-4-3-7-17(14)18)13-15(2)21-11-19(24)23-9-5-6-16(23)10-20/h3-4,7-8,12,15-16,21H,5-6,9,11,13H2,1-2H3. The Morgan fingerprint density at radius 2 is 2.25 bits per heavy atom. The zero-order valence-corrected chi connectivity index (χ0v) is 14.3. The maximum Gasteiger partial charge on any atom is 0.237 e. The molecule has 1 aromatic heterocycles. The van der Waals surface area contributed by atoms with Crippen LogP contribution >= 0.6 is 0 Å². The molecule has 0 bridgehead atoms. The topological polar surface area (TPSA) is 61.1 Å². The number of hydrogen-bond acceptors (Lipinski definition) is 3. The van der Waals surface area contributed by atoms with E-state index < -0.39 is 0 Å². The van der Waals surface area contributed by atoms with Gasteiger partial charge in [0.25, 0.3) is 0 Å². The molecule has 24 heavy (non-hydrogen) atoms. The van der Waals surface area contributed by atoms with Crippen LogP contribution in [0.4, 0.5) is 0 Å². The summed E-state index contributed by atoms with van der Waals surface area (Å²) in [4.78, 5) is 14.0. The number of rotatable bonds is 5. The number of amides is 1. The Labute approximate surface area is 142 Å². The first-order valence-electron chi connectivity index (χ1n) is 8.57. The lowest BCUT2D eigenvalue weighted by atomic mass is 10.2. The van der Waals surface area contributed by atoms with Crippen LogP contribution in [0.5, 0.6) is 0 Å². The van der Waals surface area contributed by atoms with E-state index >= 15 is 0 Å². The molecule has 1 aliphatic heterocycles. The molecule has 1 amide bonds. The van der Waals surface area contributed by atoms with Crippen LogP contribution in [0, 0.1) is 18.3 Å². The van der Waals surface area contributed by atoms with E-state index in [4.69, 9.17) is 5.26 Å². The van der Waals surface area contributed by atoms with Gasteiger partial charge in [-0.3, -0.25) is 4.79 Å². The van der Waals surface area contributed by atoms with E-state index in [0.717, 1.165) is 19.4 Å². The van der Waals surface area contributed by atoms with Crippen molar-refractivity contribution in [3.8, 4) is 6.07 Å². The number of benzene rings is 1. The molecule has 0 saturated carbocycles. The summed E-state index contributed by atoms with van der Waals surface area (Å²) in [6.07, 6.45) is 3.89. The smallest absolute Gasteiger partial charge is 0.237 e. The molecular formula is C19H24N4O. The lowest BCUT2D eigenvalue weighted by Gasteiger charge is -2.21. The van der Waals surface area contributed by atoms with Gasteiger partial charge in [0.05, 0.1) is 12.6 Å². The number of fused-ring (bicyclic) bond motifs is 1. The molecular weight excluding hydrogens is 300 g/mol. The molecule has 2 heterocycles. The van der Waals surface area contributed by atoms with Gasteiger partial charge in [-0.15, -0.1) is 0 Å². The van der Waals surface area contributed by atoms with Crippen LogP contribution in [0.25, 0.3) is 10.9 Å². The molecule has 2 atom stereocenters. The summed E-state index contributed by atoms with van der Waals surface area (Å²) < 4.78 is 2.24. The van der Waals surface area contributed by atoms with E-state index in [-0.39, 0.29) is 24.5 Å². The number of hydrogen-bond donors (Lipinski definition) is 1. The van der Waals surface area contributed by atoms with Gasteiger partial charge in [-0.1, -0.05) is 18.2 Å². The molecule has 0 aliphatic carbocycles. The third-order valence-corrected chi connectivity index (χ3v) is 4.78. The van der Waals surface area contributed by atoms with Gasteiger partial charge in [0.15, 0.2) is 0 Å². The molecule has 5 heteroatoms. The second-order valence-electron chi connectivity index (χ2n) is 6.64. The number of nitrogens with zero attached hydrogens (tertiary/aromatic N) is 3. The Morgan fingerprint density at radius 3 is 3.04 bits per heavy atom. The molecule has 1 aliphatic rings. The van der Waals surface area contributed by atoms with Crippen molar-refractivity contribution in [3.05, 3.63) is 36.0 Å². The van der Waals surface area contributed by atoms with Gasteiger partial charge in [-0.25, -0.2) is 0 Å². The predicted molar refractivity (Wildman–Crippen MR) is 94.5 cm³/mol. The predicted octanol–water partition coefficient (Wildman–Crippen LogP) is 2.44. The molecule has 2 aromatic rings. The summed E-state index contributed by atoms with van der Waals surface area (Å²) in [6.45, 7) is 6.01. The number of aryl methyl sites for hydroxylation is 1. The highest BCUT2D eigenvalue weighted by molar-refractivity contribution is 5.83. The zero-order chi connectivity index (χ0) is 17.1. The maximum absolute atomic E-state index is 12.3. The second-order valence-corrected chi connectivity index (χ2v) is 6.64. The van der Waals surface area contributed by atoms with Gasteiger partial charge in [0.1, 0.15) is 6.04 Å². The SMILES string of the molecule is Cc1cn(CC(C)NCC(=O)N2CCCC2C#N)c2ccccc12. The molecule has 0 radical (unpaired) electrons. The van der Waals surface area contributed by atoms with E-state index in [1.54, 1.807) is 4.90 Å². The summed E-state index contributed by atoms with van der Waals surface area (Å²) in [6, 6.07) is 10.5. The molecule has 0 spiro atoms. The highest BCUT2D eigenvalue weighted by Crippen LogP contribution is 2.20. The van der Waals surface area contributed by atoms with Crippen molar-refractivity contribution in [3.63, 3.8) is 0 Å². The minimum absolute atomic E-state index is 0.0273. The Morgan fingerprint density at radius 1 is 1.46 bits per heavy atom. The summed E-state index contributed by atoms with van der Waals surface area (Å²) in [5.74, 6) is 0.0273. The number of likely N-dealkylation sites (tertiary alicyclic amines) is 1. The van der Waals surface area contributed by atoms with Gasteiger partial charge in [-0.2, -0.15) is 5.26 Å². The van der Waals surface area contributed by atoms with Crippen molar-refractivity contribution >= 4 is 16.8 Å². The molecule has 1 aromatic carbocycles. The van der Waals surface area contributed by atoms with Crippen molar-refractivity contribution in [2.75, 3.05) is 13.1 Å². The van der Waals surface area contributed by atoms with Crippen molar-refractivity contribution in [2.45, 2.75) is 45.3 Å². The quantitative estimate of drug-likeness (QED) is 0.919. The van der Waals surface area contributed by atoms with E-state index in [9.17, 15) is 4.79 Å². The van der Waals surface area contributed by atoms with Gasteiger partial charge in [0, 0.05) is 36.2 Å². The molecule has 2 unspecified atom stereocenters. The van der Waals surface area contributed by atoms with Crippen molar-refractivity contribution in [1.82, 2.24) is 14.8 Å². The fraction of sp³-hybridized carbons (Fsp3) is 0.474. The van der Waals surface area contributed by atoms with E-state index in [1.807, 2.05) is 0 Å². The zero-order valence-electron chi connectivity index (χ0n) is 14.3. The third-order valence-electron chi connectivity index (χ3n) is 4.78. The van der Waals surface area contributed by atoms with Gasteiger partial charge < -0.3 is 14.8 Å². The highest BCUT2D eigenvalue weighted by Gasteiger charge is 2.28. The first-order valence-corrected chi connectivity index (χ1v) is 8.57. The number of carbonyl (C=O) groups is 1. The Kier molecular flexibility index (Phi) is 4.86. The lowest BCUT2D eigenvalue weighted by molar-refractivity contribution is -0.130.